The monoisotopic (exact) mass is 498 g/mol. The smallest absolute Gasteiger partial charge is 0.328 e. The van der Waals surface area contributed by atoms with Crippen molar-refractivity contribution in [1.29, 1.82) is 0 Å². The largest absolute Gasteiger partial charge is 0.439 e. The molecule has 6 rings (SSSR count). The lowest BCUT2D eigenvalue weighted by atomic mass is 9.92. The highest BCUT2D eigenvalue weighted by atomic mass is 16.5. The second-order valence-electron chi connectivity index (χ2n) is 9.41. The van der Waals surface area contributed by atoms with Crippen LogP contribution in [0.3, 0.4) is 0 Å². The molecule has 0 bridgehead atoms. The molecule has 2 saturated heterocycles. The Balaban J connectivity index is 1.22. The number of pyridine rings is 2. The SMILES string of the molecule is O=C1NC(=O)C2(CCCN2c2ccc(Oc3ccc4c(c3)CCCCN4c3ccncc3)nc2)C(=O)N1. The Labute approximate surface area is 213 Å². The predicted octanol–water partition coefficient (Wildman–Crippen LogP) is 3.45. The number of carbonyl (C=O) groups is 3. The molecule has 188 valence electrons. The van der Waals surface area contributed by atoms with Crippen LogP contribution in [0.2, 0.25) is 0 Å². The molecule has 10 heteroatoms. The Morgan fingerprint density at radius 2 is 1.68 bits per heavy atom. The zero-order chi connectivity index (χ0) is 25.4. The molecule has 3 aliphatic rings. The molecule has 2 fully saturated rings. The van der Waals surface area contributed by atoms with Gasteiger partial charge in [-0.1, -0.05) is 0 Å². The van der Waals surface area contributed by atoms with Crippen molar-refractivity contribution in [2.24, 2.45) is 0 Å². The molecule has 37 heavy (non-hydrogen) atoms. The minimum absolute atomic E-state index is 0.321. The van der Waals surface area contributed by atoms with E-state index < -0.39 is 23.4 Å². The van der Waals surface area contributed by atoms with Crippen LogP contribution < -0.4 is 25.2 Å². The number of fused-ring (bicyclic) bond motifs is 1. The lowest BCUT2D eigenvalue weighted by molar-refractivity contribution is -0.137. The quantitative estimate of drug-likeness (QED) is 0.526. The number of aromatic nitrogens is 2. The van der Waals surface area contributed by atoms with E-state index >= 15 is 0 Å². The van der Waals surface area contributed by atoms with E-state index in [0.29, 0.717) is 36.7 Å². The third-order valence-electron chi connectivity index (χ3n) is 7.24. The van der Waals surface area contributed by atoms with Crippen molar-refractivity contribution in [1.82, 2.24) is 20.6 Å². The lowest BCUT2D eigenvalue weighted by Gasteiger charge is -2.38. The van der Waals surface area contributed by atoms with Gasteiger partial charge in [0.15, 0.2) is 5.54 Å². The fraction of sp³-hybridized carbons (Fsp3) is 0.296. The number of carbonyl (C=O) groups excluding carboxylic acids is 3. The van der Waals surface area contributed by atoms with Crippen molar-refractivity contribution in [2.45, 2.75) is 37.6 Å². The van der Waals surface area contributed by atoms with Gasteiger partial charge in [0.2, 0.25) is 5.88 Å². The minimum atomic E-state index is -1.45. The van der Waals surface area contributed by atoms with Crippen LogP contribution in [0.4, 0.5) is 21.9 Å². The average Bonchev–Trinajstić information content (AvgIpc) is 3.25. The van der Waals surface area contributed by atoms with Crippen molar-refractivity contribution >= 4 is 34.9 Å². The number of urea groups is 1. The molecule has 2 N–H and O–H groups in total. The summed E-state index contributed by atoms with van der Waals surface area (Å²) in [5, 5.41) is 4.45. The molecule has 3 aromatic rings. The van der Waals surface area contributed by atoms with Gasteiger partial charge in [-0.2, -0.15) is 0 Å². The number of anilines is 3. The molecule has 1 aromatic carbocycles. The third-order valence-corrected chi connectivity index (χ3v) is 7.24. The zero-order valence-corrected chi connectivity index (χ0v) is 20.1. The Kier molecular flexibility index (Phi) is 5.71. The molecule has 0 radical (unpaired) electrons. The second-order valence-corrected chi connectivity index (χ2v) is 9.41. The summed E-state index contributed by atoms with van der Waals surface area (Å²) in [7, 11) is 0. The number of imide groups is 2. The molecule has 2 aromatic heterocycles. The number of ether oxygens (including phenoxy) is 1. The van der Waals surface area contributed by atoms with E-state index in [1.165, 1.54) is 11.3 Å². The summed E-state index contributed by atoms with van der Waals surface area (Å²) in [5.41, 5.74) is 2.66. The number of hydrogen-bond acceptors (Lipinski definition) is 8. The maximum atomic E-state index is 12.7. The molecular formula is C27H26N6O4. The normalized spacial score (nSPS) is 18.8. The van der Waals surface area contributed by atoms with Gasteiger partial charge in [-0.3, -0.25) is 25.2 Å². The maximum absolute atomic E-state index is 12.7. The molecular weight excluding hydrogens is 472 g/mol. The average molecular weight is 499 g/mol. The fourth-order valence-electron chi connectivity index (χ4n) is 5.49. The van der Waals surface area contributed by atoms with Gasteiger partial charge in [-0.15, -0.1) is 0 Å². The van der Waals surface area contributed by atoms with Crippen LogP contribution in [0.25, 0.3) is 0 Å². The number of hydrogen-bond donors (Lipinski definition) is 2. The number of nitrogens with zero attached hydrogens (tertiary/aromatic N) is 4. The summed E-state index contributed by atoms with van der Waals surface area (Å²) < 4.78 is 6.08. The van der Waals surface area contributed by atoms with Gasteiger partial charge in [0.25, 0.3) is 11.8 Å². The lowest BCUT2D eigenvalue weighted by Crippen LogP contribution is -2.71. The molecule has 1 spiro atoms. The number of benzene rings is 1. The maximum Gasteiger partial charge on any atom is 0.328 e. The first-order valence-electron chi connectivity index (χ1n) is 12.4. The Bertz CT molecular complexity index is 1340. The van der Waals surface area contributed by atoms with Crippen LogP contribution in [0.5, 0.6) is 11.6 Å². The first kappa shape index (κ1) is 23.0. The van der Waals surface area contributed by atoms with Crippen molar-refractivity contribution in [2.75, 3.05) is 22.9 Å². The van der Waals surface area contributed by atoms with Crippen molar-refractivity contribution in [3.05, 3.63) is 66.6 Å². The predicted molar refractivity (Wildman–Crippen MR) is 136 cm³/mol. The Morgan fingerprint density at radius 3 is 2.43 bits per heavy atom. The van der Waals surface area contributed by atoms with Gasteiger partial charge in [0.05, 0.1) is 11.9 Å². The van der Waals surface area contributed by atoms with Crippen molar-refractivity contribution in [3.8, 4) is 11.6 Å². The Morgan fingerprint density at radius 1 is 0.865 bits per heavy atom. The van der Waals surface area contributed by atoms with E-state index in [0.717, 1.165) is 31.5 Å². The van der Waals surface area contributed by atoms with Gasteiger partial charge in [0.1, 0.15) is 5.75 Å². The Hall–Kier alpha value is -4.47. The molecule has 10 nitrogen and oxygen atoms in total. The number of amides is 4. The summed E-state index contributed by atoms with van der Waals surface area (Å²) in [6.07, 6.45) is 9.32. The third kappa shape index (κ3) is 4.04. The summed E-state index contributed by atoms with van der Waals surface area (Å²) in [6, 6.07) is 12.8. The summed E-state index contributed by atoms with van der Waals surface area (Å²) in [5.74, 6) is -0.114. The van der Waals surface area contributed by atoms with Crippen LogP contribution in [0.15, 0.2) is 61.1 Å². The molecule has 3 aliphatic heterocycles. The van der Waals surface area contributed by atoms with E-state index in [4.69, 9.17) is 4.74 Å². The van der Waals surface area contributed by atoms with Crippen molar-refractivity contribution in [3.63, 3.8) is 0 Å². The molecule has 5 heterocycles. The molecule has 0 atom stereocenters. The zero-order valence-electron chi connectivity index (χ0n) is 20.1. The highest BCUT2D eigenvalue weighted by Gasteiger charge is 2.57. The van der Waals surface area contributed by atoms with Crippen LogP contribution in [0, 0.1) is 0 Å². The van der Waals surface area contributed by atoms with Gasteiger partial charge in [0, 0.05) is 42.9 Å². The van der Waals surface area contributed by atoms with E-state index in [1.54, 1.807) is 23.2 Å². The van der Waals surface area contributed by atoms with E-state index in [2.05, 4.69) is 37.6 Å². The van der Waals surface area contributed by atoms with Crippen LogP contribution >= 0.6 is 0 Å². The van der Waals surface area contributed by atoms with E-state index in [-0.39, 0.29) is 0 Å². The number of barbiturate groups is 1. The van der Waals surface area contributed by atoms with Crippen LogP contribution in [-0.4, -0.2) is 46.4 Å². The van der Waals surface area contributed by atoms with Crippen LogP contribution in [0.1, 0.15) is 31.2 Å². The summed E-state index contributed by atoms with van der Waals surface area (Å²) in [6.45, 7) is 1.44. The molecule has 0 aliphatic carbocycles. The standard InChI is InChI=1S/C27H26N6O4/c34-24-27(25(35)31-26(36)30-24)11-3-15-33(27)20-5-8-23(29-17-20)37-21-6-7-22-18(16-21)4-1-2-14-32(22)19-9-12-28-13-10-19/h5-10,12-13,16-17H,1-4,11,14-15H2,(H2,30,31,34,35,36). The number of rotatable bonds is 4. The van der Waals surface area contributed by atoms with Crippen molar-refractivity contribution < 1.29 is 19.1 Å². The van der Waals surface area contributed by atoms with Crippen LogP contribution in [-0.2, 0) is 16.0 Å². The molecule has 0 unspecified atom stereocenters. The topological polar surface area (TPSA) is 117 Å². The number of aryl methyl sites for hydroxylation is 1. The highest BCUT2D eigenvalue weighted by Crippen LogP contribution is 2.38. The first-order chi connectivity index (χ1) is 18.0. The second kappa shape index (κ2) is 9.20. The van der Waals surface area contributed by atoms with Gasteiger partial charge >= 0.3 is 6.03 Å². The van der Waals surface area contributed by atoms with Gasteiger partial charge in [-0.25, -0.2) is 9.78 Å². The fourth-order valence-corrected chi connectivity index (χ4v) is 5.49. The molecule has 4 amide bonds. The molecule has 0 saturated carbocycles. The number of nitrogens with one attached hydrogen (secondary N) is 2. The first-order valence-corrected chi connectivity index (χ1v) is 12.4. The van der Waals surface area contributed by atoms with E-state index in [1.807, 2.05) is 30.6 Å². The van der Waals surface area contributed by atoms with Gasteiger partial charge < -0.3 is 14.5 Å². The summed E-state index contributed by atoms with van der Waals surface area (Å²) >= 11 is 0. The van der Waals surface area contributed by atoms with E-state index in [9.17, 15) is 14.4 Å². The minimum Gasteiger partial charge on any atom is -0.439 e. The van der Waals surface area contributed by atoms with Gasteiger partial charge in [-0.05, 0) is 74.1 Å². The summed E-state index contributed by atoms with van der Waals surface area (Å²) in [4.78, 5) is 49.6. The highest BCUT2D eigenvalue weighted by molar-refractivity contribution is 6.24.